The number of hydrogen-bond acceptors (Lipinski definition) is 0. The summed E-state index contributed by atoms with van der Waals surface area (Å²) in [5.41, 5.74) is 0. The molecule has 0 aromatic heterocycles. The van der Waals surface area contributed by atoms with Crippen molar-refractivity contribution >= 4 is 17.3 Å². The molecule has 0 heterocycles. The van der Waals surface area contributed by atoms with Crippen molar-refractivity contribution in [1.29, 1.82) is 0 Å². The summed E-state index contributed by atoms with van der Waals surface area (Å²) in [6.45, 7) is 3.92. The maximum atomic E-state index is 5.21. The number of unbranched alkanes of at least 4 members (excludes halogenated alkanes) is 3. The second-order valence-electron chi connectivity index (χ2n) is 4.63. The van der Waals surface area contributed by atoms with Crippen molar-refractivity contribution in [3.8, 4) is 0 Å². The first-order valence-electron chi connectivity index (χ1n) is 7.32. The molecule has 0 unspecified atom stereocenters. The average molecular weight is 330 g/mol. The van der Waals surface area contributed by atoms with Gasteiger partial charge in [0.05, 0.1) is 0 Å². The summed E-state index contributed by atoms with van der Waals surface area (Å²) in [4.78, 5) is 0. The van der Waals surface area contributed by atoms with E-state index in [9.17, 15) is 0 Å². The standard InChI is InChI=1S/C12H10P.C6H14.Ni/c1-3-7-11(8-4-1)13-12-9-5-2-6-10-12;1-3-5-6-4-2;/h1-10H;3-6H2,1-2H3;/q-1;;+1. The third-order valence-corrected chi connectivity index (χ3v) is 5.86. The minimum atomic E-state index is -0.546. The van der Waals surface area contributed by atoms with E-state index in [2.05, 4.69) is 38.1 Å². The van der Waals surface area contributed by atoms with Crippen LogP contribution in [0.25, 0.3) is 0 Å². The molecule has 0 spiro atoms. The molecular weight excluding hydrogens is 306 g/mol. The van der Waals surface area contributed by atoms with E-state index in [0.717, 1.165) is 0 Å². The van der Waals surface area contributed by atoms with E-state index in [1.165, 1.54) is 36.3 Å². The number of rotatable bonds is 5. The second kappa shape index (κ2) is 11.1. The molecule has 0 fully saturated rings. The molecule has 0 saturated carbocycles. The van der Waals surface area contributed by atoms with Crippen LogP contribution in [-0.2, 0) is 15.0 Å². The van der Waals surface area contributed by atoms with Crippen molar-refractivity contribution in [2.75, 3.05) is 0 Å². The van der Waals surface area contributed by atoms with E-state index in [0.29, 0.717) is 0 Å². The van der Waals surface area contributed by atoms with Gasteiger partial charge in [-0.15, -0.1) is 0 Å². The van der Waals surface area contributed by atoms with Crippen LogP contribution in [0.2, 0.25) is 0 Å². The van der Waals surface area contributed by atoms with Crippen LogP contribution < -0.4 is 10.6 Å². The van der Waals surface area contributed by atoms with Gasteiger partial charge in [0.2, 0.25) is 0 Å². The molecule has 0 aliphatic rings. The van der Waals surface area contributed by atoms with Gasteiger partial charge in [-0.05, 0) is 0 Å². The van der Waals surface area contributed by atoms with E-state index in [-0.39, 0.29) is 0 Å². The van der Waals surface area contributed by atoms with Gasteiger partial charge in [-0.2, -0.15) is 0 Å². The molecule has 2 aromatic rings. The number of benzene rings is 2. The predicted octanol–water partition coefficient (Wildman–Crippen LogP) is 5.17. The van der Waals surface area contributed by atoms with Crippen molar-refractivity contribution in [1.82, 2.24) is 0 Å². The first-order valence-corrected chi connectivity index (χ1v) is 9.83. The van der Waals surface area contributed by atoms with Gasteiger partial charge in [0.1, 0.15) is 0 Å². The summed E-state index contributed by atoms with van der Waals surface area (Å²) in [6, 6.07) is 20.7. The van der Waals surface area contributed by atoms with E-state index in [4.69, 9.17) is 15.0 Å². The summed E-state index contributed by atoms with van der Waals surface area (Å²) in [7, 11) is 0. The van der Waals surface area contributed by atoms with Gasteiger partial charge in [-0.3, -0.25) is 0 Å². The fourth-order valence-corrected chi connectivity index (χ4v) is 3.76. The second-order valence-corrected chi connectivity index (χ2v) is 7.50. The minimum absolute atomic E-state index is 0.546. The molecule has 0 amide bonds. The van der Waals surface area contributed by atoms with Crippen molar-refractivity contribution in [2.45, 2.75) is 39.5 Å². The predicted molar refractivity (Wildman–Crippen MR) is 88.9 cm³/mol. The zero-order valence-corrected chi connectivity index (χ0v) is 14.2. The van der Waals surface area contributed by atoms with Gasteiger partial charge in [-0.1, -0.05) is 39.5 Å². The fourth-order valence-electron chi connectivity index (χ4n) is 1.75. The quantitative estimate of drug-likeness (QED) is 0.403. The topological polar surface area (TPSA) is 0 Å². The van der Waals surface area contributed by atoms with Crippen molar-refractivity contribution in [3.63, 3.8) is 0 Å². The first kappa shape index (κ1) is 17.4. The molecule has 0 nitrogen and oxygen atoms in total. The summed E-state index contributed by atoms with van der Waals surface area (Å²) in [5.74, 6) is 0. The third-order valence-electron chi connectivity index (χ3n) is 2.89. The molecule has 0 saturated heterocycles. The molecule has 0 aliphatic carbocycles. The maximum absolute atomic E-state index is 5.21. The van der Waals surface area contributed by atoms with Crippen LogP contribution in [-0.4, -0.2) is 0 Å². The molecular formula is C18H24NiP. The van der Waals surface area contributed by atoms with Gasteiger partial charge in [0.15, 0.2) is 0 Å². The summed E-state index contributed by atoms with van der Waals surface area (Å²) >= 11 is 5.21. The van der Waals surface area contributed by atoms with Crippen LogP contribution in [0.4, 0.5) is 0 Å². The van der Waals surface area contributed by atoms with Gasteiger partial charge in [0, 0.05) is 0 Å². The van der Waals surface area contributed by atoms with Gasteiger partial charge < -0.3 is 0 Å². The Labute approximate surface area is 132 Å². The van der Waals surface area contributed by atoms with Crippen LogP contribution in [0.5, 0.6) is 0 Å². The monoisotopic (exact) mass is 329 g/mol. The molecule has 2 aromatic carbocycles. The summed E-state index contributed by atoms with van der Waals surface area (Å²) in [5, 5.41) is 2.54. The van der Waals surface area contributed by atoms with Crippen molar-refractivity contribution in [3.05, 3.63) is 60.7 Å². The molecule has 2 heteroatoms. The molecule has 0 bridgehead atoms. The van der Waals surface area contributed by atoms with Crippen molar-refractivity contribution in [2.24, 2.45) is 0 Å². The van der Waals surface area contributed by atoms with Gasteiger partial charge in [-0.25, -0.2) is 0 Å². The zero-order chi connectivity index (χ0) is 14.6. The van der Waals surface area contributed by atoms with E-state index < -0.39 is 6.70 Å². The van der Waals surface area contributed by atoms with Crippen LogP contribution >= 0.6 is 6.70 Å². The molecule has 2 rings (SSSR count). The average Bonchev–Trinajstić information content (AvgIpc) is 2.54. The Morgan fingerprint density at radius 2 is 1.05 bits per heavy atom. The molecule has 0 N–H and O–H groups in total. The Morgan fingerprint density at radius 3 is 1.35 bits per heavy atom. The fraction of sp³-hybridized carbons (Fsp3) is 0.333. The van der Waals surface area contributed by atoms with E-state index >= 15 is 0 Å². The van der Waals surface area contributed by atoms with E-state index in [1.807, 2.05) is 36.4 Å². The molecule has 111 valence electrons. The van der Waals surface area contributed by atoms with Gasteiger partial charge in [0.25, 0.3) is 0 Å². The van der Waals surface area contributed by atoms with Crippen LogP contribution in [0, 0.1) is 0 Å². The SMILES string of the molecule is CCCCCC.[Ni][P](c1ccccc1)c1ccccc1. The van der Waals surface area contributed by atoms with Gasteiger partial charge >= 0.3 is 93.0 Å². The Bertz CT molecular complexity index is 398. The molecule has 0 atom stereocenters. The van der Waals surface area contributed by atoms with E-state index in [1.54, 1.807) is 0 Å². The first-order chi connectivity index (χ1) is 9.79. The van der Waals surface area contributed by atoms with Crippen LogP contribution in [0.3, 0.4) is 0 Å². The van der Waals surface area contributed by atoms with Crippen molar-refractivity contribution < 1.29 is 15.0 Å². The summed E-state index contributed by atoms with van der Waals surface area (Å²) < 4.78 is 0. The molecule has 20 heavy (non-hydrogen) atoms. The Hall–Kier alpha value is -0.636. The Balaban J connectivity index is 0.000000286. The zero-order valence-electron chi connectivity index (χ0n) is 12.4. The Kier molecular flexibility index (Phi) is 9.64. The Morgan fingerprint density at radius 1 is 0.700 bits per heavy atom. The molecule has 0 aliphatic heterocycles. The third kappa shape index (κ3) is 6.69. The number of hydrogen-bond donors (Lipinski definition) is 0. The normalized spacial score (nSPS) is 10.1. The van der Waals surface area contributed by atoms with Crippen LogP contribution in [0.1, 0.15) is 39.5 Å². The molecule has 0 radical (unpaired) electrons. The van der Waals surface area contributed by atoms with Crippen LogP contribution in [0.15, 0.2) is 60.7 Å². The summed E-state index contributed by atoms with van der Waals surface area (Å²) in [6.07, 6.45) is 5.54.